The van der Waals surface area contributed by atoms with E-state index in [2.05, 4.69) is 58.1 Å². The van der Waals surface area contributed by atoms with Crippen LogP contribution in [0.1, 0.15) is 26.3 Å². The number of hydrogen-bond acceptors (Lipinski definition) is 3. The largest absolute Gasteiger partial charge is 0.355 e. The second-order valence-corrected chi connectivity index (χ2v) is 5.49. The molecule has 0 radical (unpaired) electrons. The van der Waals surface area contributed by atoms with Gasteiger partial charge in [-0.2, -0.15) is 11.3 Å². The average molecular weight is 282 g/mol. The molecule has 0 fully saturated rings. The van der Waals surface area contributed by atoms with Crippen LogP contribution in [-0.4, -0.2) is 43.6 Å². The first-order chi connectivity index (χ1) is 9.17. The second-order valence-electron chi connectivity index (χ2n) is 4.71. The van der Waals surface area contributed by atoms with Gasteiger partial charge in [-0.15, -0.1) is 0 Å². The Morgan fingerprint density at radius 3 is 2.74 bits per heavy atom. The summed E-state index contributed by atoms with van der Waals surface area (Å²) in [5.74, 6) is 0.867. The molecule has 0 aliphatic carbocycles. The summed E-state index contributed by atoms with van der Waals surface area (Å²) in [6.07, 6.45) is 0. The second kappa shape index (κ2) is 8.93. The molecule has 0 aliphatic heterocycles. The van der Waals surface area contributed by atoms with Gasteiger partial charge in [0.15, 0.2) is 5.96 Å². The van der Waals surface area contributed by atoms with Gasteiger partial charge < -0.3 is 10.6 Å². The fourth-order valence-corrected chi connectivity index (χ4v) is 2.57. The fourth-order valence-electron chi connectivity index (χ4n) is 1.90. The van der Waals surface area contributed by atoms with E-state index in [1.807, 2.05) is 7.05 Å². The number of thiophene rings is 1. The molecule has 0 saturated carbocycles. The zero-order valence-electron chi connectivity index (χ0n) is 12.4. The van der Waals surface area contributed by atoms with Crippen LogP contribution in [0.25, 0.3) is 0 Å². The molecule has 1 rings (SSSR count). The lowest BCUT2D eigenvalue weighted by Crippen LogP contribution is -2.42. The topological polar surface area (TPSA) is 39.7 Å². The van der Waals surface area contributed by atoms with Crippen molar-refractivity contribution in [1.29, 1.82) is 0 Å². The van der Waals surface area contributed by atoms with Crippen LogP contribution in [0, 0.1) is 0 Å². The number of aliphatic imine (C=N–C) groups is 1. The van der Waals surface area contributed by atoms with Crippen molar-refractivity contribution < 1.29 is 0 Å². The third-order valence-corrected chi connectivity index (χ3v) is 3.82. The van der Waals surface area contributed by atoms with E-state index in [-0.39, 0.29) is 0 Å². The number of likely N-dealkylation sites (N-methyl/N-ethyl adjacent to an activating group) is 1. The van der Waals surface area contributed by atoms with Gasteiger partial charge in [0.25, 0.3) is 0 Å². The Labute approximate surface area is 120 Å². The maximum atomic E-state index is 4.23. The Kier molecular flexibility index (Phi) is 7.52. The maximum absolute atomic E-state index is 4.23. The van der Waals surface area contributed by atoms with Crippen LogP contribution < -0.4 is 10.6 Å². The Hall–Kier alpha value is -1.07. The minimum atomic E-state index is 0.590. The van der Waals surface area contributed by atoms with E-state index < -0.39 is 0 Å². The third-order valence-electron chi connectivity index (χ3n) is 3.09. The normalized spacial score (nSPS) is 12.2. The number of guanidine groups is 1. The van der Waals surface area contributed by atoms with Gasteiger partial charge in [-0.1, -0.05) is 6.92 Å². The molecule has 0 aliphatic rings. The zero-order chi connectivity index (χ0) is 14.1. The Morgan fingerprint density at radius 2 is 2.21 bits per heavy atom. The van der Waals surface area contributed by atoms with Crippen LogP contribution in [0.2, 0.25) is 0 Å². The van der Waals surface area contributed by atoms with Crippen LogP contribution in [0.5, 0.6) is 0 Å². The molecule has 1 aromatic rings. The van der Waals surface area contributed by atoms with Crippen molar-refractivity contribution in [2.24, 2.45) is 4.99 Å². The lowest BCUT2D eigenvalue weighted by atomic mass is 10.3. The lowest BCUT2D eigenvalue weighted by molar-refractivity contribution is 0.237. The van der Waals surface area contributed by atoms with Crippen LogP contribution in [-0.2, 0) is 6.54 Å². The molecule has 1 aromatic heterocycles. The standard InChI is InChI=1S/C14H26N4S/c1-5-18(12(2)3)8-7-16-14(15-4)17-10-13-6-9-19-11-13/h6,9,11-12H,5,7-8,10H2,1-4H3,(H2,15,16,17). The van der Waals surface area contributed by atoms with Crippen molar-refractivity contribution in [2.45, 2.75) is 33.4 Å². The van der Waals surface area contributed by atoms with E-state index in [1.54, 1.807) is 11.3 Å². The number of nitrogens with one attached hydrogen (secondary N) is 2. The third kappa shape index (κ3) is 6.07. The summed E-state index contributed by atoms with van der Waals surface area (Å²) in [7, 11) is 1.81. The summed E-state index contributed by atoms with van der Waals surface area (Å²) in [5, 5.41) is 10.9. The highest BCUT2D eigenvalue weighted by molar-refractivity contribution is 7.07. The maximum Gasteiger partial charge on any atom is 0.191 e. The van der Waals surface area contributed by atoms with Gasteiger partial charge in [-0.3, -0.25) is 9.89 Å². The highest BCUT2D eigenvalue weighted by Gasteiger charge is 2.06. The van der Waals surface area contributed by atoms with Crippen molar-refractivity contribution in [2.75, 3.05) is 26.7 Å². The Bertz CT molecular complexity index is 360. The molecule has 2 N–H and O–H groups in total. The lowest BCUT2D eigenvalue weighted by Gasteiger charge is -2.25. The van der Waals surface area contributed by atoms with Gasteiger partial charge in [0.05, 0.1) is 0 Å². The SMILES string of the molecule is CCN(CCNC(=NC)NCc1ccsc1)C(C)C. The molecule has 0 amide bonds. The highest BCUT2D eigenvalue weighted by atomic mass is 32.1. The molecule has 5 heteroatoms. The molecule has 0 spiro atoms. The van der Waals surface area contributed by atoms with E-state index in [0.717, 1.165) is 32.1 Å². The summed E-state index contributed by atoms with van der Waals surface area (Å²) in [4.78, 5) is 6.66. The van der Waals surface area contributed by atoms with Crippen LogP contribution in [0.15, 0.2) is 21.8 Å². The van der Waals surface area contributed by atoms with E-state index in [4.69, 9.17) is 0 Å². The summed E-state index contributed by atoms with van der Waals surface area (Å²) in [6, 6.07) is 2.72. The molecule has 0 saturated heterocycles. The Morgan fingerprint density at radius 1 is 1.42 bits per heavy atom. The van der Waals surface area contributed by atoms with Crippen LogP contribution >= 0.6 is 11.3 Å². The first-order valence-electron chi connectivity index (χ1n) is 6.87. The van der Waals surface area contributed by atoms with Crippen molar-refractivity contribution in [3.05, 3.63) is 22.4 Å². The molecular weight excluding hydrogens is 256 g/mol. The first kappa shape index (κ1) is 16.0. The Balaban J connectivity index is 2.25. The van der Waals surface area contributed by atoms with Gasteiger partial charge >= 0.3 is 0 Å². The van der Waals surface area contributed by atoms with Gasteiger partial charge in [0.1, 0.15) is 0 Å². The zero-order valence-corrected chi connectivity index (χ0v) is 13.3. The van der Waals surface area contributed by atoms with Gasteiger partial charge in [-0.25, -0.2) is 0 Å². The van der Waals surface area contributed by atoms with Crippen molar-refractivity contribution in [1.82, 2.24) is 15.5 Å². The molecule has 0 bridgehead atoms. The molecule has 0 aromatic carbocycles. The minimum Gasteiger partial charge on any atom is -0.355 e. The smallest absolute Gasteiger partial charge is 0.191 e. The van der Waals surface area contributed by atoms with Gasteiger partial charge in [0.2, 0.25) is 0 Å². The van der Waals surface area contributed by atoms with E-state index in [9.17, 15) is 0 Å². The van der Waals surface area contributed by atoms with Crippen molar-refractivity contribution in [3.63, 3.8) is 0 Å². The predicted molar refractivity (Wildman–Crippen MR) is 84.9 cm³/mol. The molecule has 1 heterocycles. The molecule has 0 unspecified atom stereocenters. The van der Waals surface area contributed by atoms with Crippen LogP contribution in [0.4, 0.5) is 0 Å². The number of nitrogens with zero attached hydrogens (tertiary/aromatic N) is 2. The first-order valence-corrected chi connectivity index (χ1v) is 7.81. The van der Waals surface area contributed by atoms with E-state index in [0.29, 0.717) is 6.04 Å². The van der Waals surface area contributed by atoms with Gasteiger partial charge in [0, 0.05) is 32.7 Å². The molecule has 4 nitrogen and oxygen atoms in total. The molecular formula is C14H26N4S. The van der Waals surface area contributed by atoms with E-state index in [1.165, 1.54) is 5.56 Å². The minimum absolute atomic E-state index is 0.590. The monoisotopic (exact) mass is 282 g/mol. The molecule has 19 heavy (non-hydrogen) atoms. The molecule has 108 valence electrons. The van der Waals surface area contributed by atoms with Crippen molar-refractivity contribution >= 4 is 17.3 Å². The summed E-state index contributed by atoms with van der Waals surface area (Å²) in [6.45, 7) is 10.5. The number of hydrogen-bond donors (Lipinski definition) is 2. The quantitative estimate of drug-likeness (QED) is 0.594. The molecule has 0 atom stereocenters. The van der Waals surface area contributed by atoms with Gasteiger partial charge in [-0.05, 0) is 42.8 Å². The number of rotatable bonds is 7. The summed E-state index contributed by atoms with van der Waals surface area (Å²) in [5.41, 5.74) is 1.30. The fraction of sp³-hybridized carbons (Fsp3) is 0.643. The van der Waals surface area contributed by atoms with E-state index >= 15 is 0 Å². The van der Waals surface area contributed by atoms with Crippen LogP contribution in [0.3, 0.4) is 0 Å². The van der Waals surface area contributed by atoms with Crippen molar-refractivity contribution in [3.8, 4) is 0 Å². The predicted octanol–water partition coefficient (Wildman–Crippen LogP) is 2.14. The average Bonchev–Trinajstić information content (AvgIpc) is 2.90. The summed E-state index contributed by atoms with van der Waals surface area (Å²) >= 11 is 1.72. The summed E-state index contributed by atoms with van der Waals surface area (Å²) < 4.78 is 0. The highest BCUT2D eigenvalue weighted by Crippen LogP contribution is 2.04.